The van der Waals surface area contributed by atoms with Gasteiger partial charge in [-0.15, -0.1) is 10.2 Å². The molecule has 0 saturated carbocycles. The molecule has 0 radical (unpaired) electrons. The molecule has 3 rings (SSSR count). The van der Waals surface area contributed by atoms with Crippen molar-refractivity contribution >= 4 is 44.1 Å². The number of ether oxygens (including phenoxy) is 1. The highest BCUT2D eigenvalue weighted by Gasteiger charge is 2.20. The van der Waals surface area contributed by atoms with Gasteiger partial charge in [-0.2, -0.15) is 0 Å². The van der Waals surface area contributed by atoms with Gasteiger partial charge in [-0.05, 0) is 25.1 Å². The Morgan fingerprint density at radius 2 is 1.79 bits per heavy atom. The van der Waals surface area contributed by atoms with Gasteiger partial charge in [-0.25, -0.2) is 17.9 Å². The topological polar surface area (TPSA) is 170 Å². The molecule has 12 nitrogen and oxygen atoms in total. The van der Waals surface area contributed by atoms with Crippen LogP contribution in [0.3, 0.4) is 0 Å². The number of aryl methyl sites for hydroxylation is 1. The highest BCUT2D eigenvalue weighted by molar-refractivity contribution is 7.89. The van der Waals surface area contributed by atoms with E-state index in [9.17, 15) is 28.1 Å². The third kappa shape index (κ3) is 6.18. The molecule has 0 aliphatic heterocycles. The predicted molar refractivity (Wildman–Crippen MR) is 122 cm³/mol. The van der Waals surface area contributed by atoms with Crippen LogP contribution >= 0.6 is 11.3 Å². The SMILES string of the molecule is COC(=O)c1cc(C(=O)Nc2nnc(CCNS(=O)(=O)c3ccc(C)cc3)s2)cc([N+](=O)[O-])c1. The minimum atomic E-state index is -3.68. The Bertz CT molecular complexity index is 1340. The molecule has 0 unspecified atom stereocenters. The second-order valence-electron chi connectivity index (χ2n) is 6.93. The smallest absolute Gasteiger partial charge is 0.338 e. The summed E-state index contributed by atoms with van der Waals surface area (Å²) >= 11 is 1.02. The van der Waals surface area contributed by atoms with Crippen molar-refractivity contribution in [1.29, 1.82) is 0 Å². The van der Waals surface area contributed by atoms with Gasteiger partial charge in [-0.1, -0.05) is 29.0 Å². The van der Waals surface area contributed by atoms with Gasteiger partial charge in [0.1, 0.15) is 5.01 Å². The van der Waals surface area contributed by atoms with E-state index in [0.29, 0.717) is 5.01 Å². The van der Waals surface area contributed by atoms with Crippen molar-refractivity contribution in [3.8, 4) is 0 Å². The fourth-order valence-electron chi connectivity index (χ4n) is 2.75. The molecule has 0 aliphatic rings. The Morgan fingerprint density at radius 3 is 2.44 bits per heavy atom. The molecular formula is C20H19N5O7S2. The van der Waals surface area contributed by atoms with Crippen molar-refractivity contribution in [3.63, 3.8) is 0 Å². The monoisotopic (exact) mass is 505 g/mol. The fourth-order valence-corrected chi connectivity index (χ4v) is 4.52. The standard InChI is InChI=1S/C20H19N5O7S2/c1-12-3-5-16(6-4-12)34(30,31)21-8-7-17-23-24-20(33-17)22-18(26)13-9-14(19(27)32-2)11-15(10-13)25(28)29/h3-6,9-11,21H,7-8H2,1-2H3,(H,22,24,26). The number of carbonyl (C=O) groups is 2. The Balaban J connectivity index is 1.64. The third-order valence-corrected chi connectivity index (χ3v) is 6.84. The van der Waals surface area contributed by atoms with E-state index in [-0.39, 0.29) is 34.1 Å². The number of hydrogen-bond acceptors (Lipinski definition) is 10. The quantitative estimate of drug-likeness (QED) is 0.251. The molecule has 178 valence electrons. The van der Waals surface area contributed by atoms with Gasteiger partial charge < -0.3 is 4.74 Å². The van der Waals surface area contributed by atoms with Gasteiger partial charge >= 0.3 is 5.97 Å². The molecule has 0 bridgehead atoms. The number of nitrogens with one attached hydrogen (secondary N) is 2. The average molecular weight is 506 g/mol. The van der Waals surface area contributed by atoms with Crippen molar-refractivity contribution in [2.75, 3.05) is 19.0 Å². The van der Waals surface area contributed by atoms with Crippen LogP contribution in [0.5, 0.6) is 0 Å². The molecule has 2 N–H and O–H groups in total. The molecule has 2 aromatic carbocycles. The molecule has 14 heteroatoms. The molecule has 0 spiro atoms. The predicted octanol–water partition coefficient (Wildman–Crippen LogP) is 2.31. The lowest BCUT2D eigenvalue weighted by Gasteiger charge is -2.06. The van der Waals surface area contributed by atoms with E-state index >= 15 is 0 Å². The first kappa shape index (κ1) is 24.9. The summed E-state index contributed by atoms with van der Waals surface area (Å²) in [5.74, 6) is -1.57. The summed E-state index contributed by atoms with van der Waals surface area (Å²) in [7, 11) is -2.56. The number of esters is 1. The molecule has 1 heterocycles. The first-order valence-electron chi connectivity index (χ1n) is 9.67. The van der Waals surface area contributed by atoms with Crippen LogP contribution in [0.25, 0.3) is 0 Å². The maximum absolute atomic E-state index is 12.5. The molecular weight excluding hydrogens is 486 g/mol. The Labute approximate surface area is 198 Å². The van der Waals surface area contributed by atoms with E-state index in [1.54, 1.807) is 12.1 Å². The molecule has 3 aromatic rings. The van der Waals surface area contributed by atoms with E-state index in [0.717, 1.165) is 42.2 Å². The van der Waals surface area contributed by atoms with E-state index in [2.05, 4.69) is 25.0 Å². The summed E-state index contributed by atoms with van der Waals surface area (Å²) in [5.41, 5.74) is 0.193. The van der Waals surface area contributed by atoms with Crippen molar-refractivity contribution in [2.45, 2.75) is 18.2 Å². The van der Waals surface area contributed by atoms with Gasteiger partial charge in [-0.3, -0.25) is 20.2 Å². The minimum Gasteiger partial charge on any atom is -0.465 e. The number of aromatic nitrogens is 2. The third-order valence-electron chi connectivity index (χ3n) is 4.46. The number of nitro benzene ring substituents is 1. The highest BCUT2D eigenvalue weighted by atomic mass is 32.2. The van der Waals surface area contributed by atoms with Gasteiger partial charge in [0.05, 0.1) is 22.5 Å². The van der Waals surface area contributed by atoms with Crippen LogP contribution in [-0.2, 0) is 21.2 Å². The Kier molecular flexibility index (Phi) is 7.65. The van der Waals surface area contributed by atoms with E-state index in [1.807, 2.05) is 6.92 Å². The van der Waals surface area contributed by atoms with Gasteiger partial charge in [0.25, 0.3) is 11.6 Å². The van der Waals surface area contributed by atoms with Crippen LogP contribution in [-0.4, -0.2) is 49.1 Å². The average Bonchev–Trinajstić information content (AvgIpc) is 3.25. The zero-order chi connectivity index (χ0) is 24.9. The largest absolute Gasteiger partial charge is 0.465 e. The van der Waals surface area contributed by atoms with Gasteiger partial charge in [0, 0.05) is 30.7 Å². The second kappa shape index (κ2) is 10.5. The first-order chi connectivity index (χ1) is 16.1. The van der Waals surface area contributed by atoms with Crippen molar-refractivity contribution in [3.05, 3.63) is 74.3 Å². The number of nitro groups is 1. The summed E-state index contributed by atoms with van der Waals surface area (Å²) in [6, 6.07) is 9.60. The number of sulfonamides is 1. The zero-order valence-corrected chi connectivity index (χ0v) is 19.6. The molecule has 1 amide bonds. The van der Waals surface area contributed by atoms with Crippen LogP contribution in [0.15, 0.2) is 47.4 Å². The van der Waals surface area contributed by atoms with Crippen LogP contribution in [0.1, 0.15) is 31.3 Å². The lowest BCUT2D eigenvalue weighted by Crippen LogP contribution is -2.25. The van der Waals surface area contributed by atoms with Crippen LogP contribution < -0.4 is 10.0 Å². The fraction of sp³-hybridized carbons (Fsp3) is 0.200. The summed E-state index contributed by atoms with van der Waals surface area (Å²) in [6.45, 7) is 1.92. The number of nitrogens with zero attached hydrogens (tertiary/aromatic N) is 3. The zero-order valence-electron chi connectivity index (χ0n) is 18.0. The van der Waals surface area contributed by atoms with Crippen molar-refractivity contribution in [1.82, 2.24) is 14.9 Å². The second-order valence-corrected chi connectivity index (χ2v) is 9.76. The lowest BCUT2D eigenvalue weighted by molar-refractivity contribution is -0.384. The number of non-ortho nitro benzene ring substituents is 1. The van der Waals surface area contributed by atoms with Crippen molar-refractivity contribution < 1.29 is 27.7 Å². The highest BCUT2D eigenvalue weighted by Crippen LogP contribution is 2.21. The number of benzene rings is 2. The number of carbonyl (C=O) groups excluding carboxylic acids is 2. The number of anilines is 1. The molecule has 0 aliphatic carbocycles. The van der Waals surface area contributed by atoms with Crippen molar-refractivity contribution in [2.24, 2.45) is 0 Å². The molecule has 0 saturated heterocycles. The Morgan fingerprint density at radius 1 is 1.12 bits per heavy atom. The molecule has 0 atom stereocenters. The van der Waals surface area contributed by atoms with Gasteiger partial charge in [0.2, 0.25) is 15.2 Å². The first-order valence-corrected chi connectivity index (χ1v) is 12.0. The molecule has 0 fully saturated rings. The summed E-state index contributed by atoms with van der Waals surface area (Å²) < 4.78 is 31.7. The number of methoxy groups -OCH3 is 1. The maximum atomic E-state index is 12.5. The number of rotatable bonds is 9. The normalized spacial score (nSPS) is 11.1. The van der Waals surface area contributed by atoms with Gasteiger partial charge in [0.15, 0.2) is 0 Å². The summed E-state index contributed by atoms with van der Waals surface area (Å²) in [5, 5.41) is 21.9. The maximum Gasteiger partial charge on any atom is 0.338 e. The molecule has 34 heavy (non-hydrogen) atoms. The van der Waals surface area contributed by atoms with E-state index in [4.69, 9.17) is 0 Å². The van der Waals surface area contributed by atoms with Crippen LogP contribution in [0, 0.1) is 17.0 Å². The summed E-state index contributed by atoms with van der Waals surface area (Å²) in [4.78, 5) is 34.8. The van der Waals surface area contributed by atoms with E-state index < -0.39 is 32.5 Å². The molecule has 1 aromatic heterocycles. The minimum absolute atomic E-state index is 0.0617. The lowest BCUT2D eigenvalue weighted by atomic mass is 10.1. The Hall–Kier alpha value is -3.75. The van der Waals surface area contributed by atoms with E-state index in [1.165, 1.54) is 12.1 Å². The van der Waals surface area contributed by atoms with Crippen LogP contribution in [0.4, 0.5) is 10.8 Å². The number of hydrogen-bond donors (Lipinski definition) is 2. The number of amides is 1. The summed E-state index contributed by atoms with van der Waals surface area (Å²) in [6.07, 6.45) is 0.224. The van der Waals surface area contributed by atoms with Crippen LogP contribution in [0.2, 0.25) is 0 Å².